The van der Waals surface area contributed by atoms with E-state index in [0.29, 0.717) is 6.42 Å². The minimum atomic E-state index is -1.10. The molecule has 13 heavy (non-hydrogen) atoms. The quantitative estimate of drug-likeness (QED) is 0.603. The molecule has 1 rings (SSSR count). The Labute approximate surface area is 75.1 Å². The Morgan fingerprint density at radius 3 is 2.46 bits per heavy atom. The van der Waals surface area contributed by atoms with E-state index in [9.17, 15) is 9.90 Å². The fraction of sp³-hybridized carbons (Fsp3) is 0.222. The first kappa shape index (κ1) is 9.38. The van der Waals surface area contributed by atoms with Crippen molar-refractivity contribution in [3.8, 4) is 11.5 Å². The number of aromatic carboxylic acids is 1. The van der Waals surface area contributed by atoms with Crippen LogP contribution < -0.4 is 0 Å². The molecule has 1 aromatic carbocycles. The third-order valence-corrected chi connectivity index (χ3v) is 1.85. The standard InChI is InChI=1S/C9H10O4/c1-2-5-6(9(12)13)3-4-7(10)8(5)11/h3-4,10-11H,2H2,1H3,(H,12,13). The Kier molecular flexibility index (Phi) is 2.41. The summed E-state index contributed by atoms with van der Waals surface area (Å²) in [6.45, 7) is 1.71. The number of benzene rings is 1. The number of hydrogen-bond acceptors (Lipinski definition) is 3. The van der Waals surface area contributed by atoms with E-state index in [1.165, 1.54) is 6.07 Å². The van der Waals surface area contributed by atoms with Crippen molar-refractivity contribution in [2.24, 2.45) is 0 Å². The van der Waals surface area contributed by atoms with E-state index in [1.54, 1.807) is 6.92 Å². The van der Waals surface area contributed by atoms with Gasteiger partial charge in [-0.15, -0.1) is 0 Å². The van der Waals surface area contributed by atoms with Gasteiger partial charge in [0, 0.05) is 5.56 Å². The van der Waals surface area contributed by atoms with Crippen LogP contribution in [0.25, 0.3) is 0 Å². The van der Waals surface area contributed by atoms with E-state index in [4.69, 9.17) is 10.2 Å². The summed E-state index contributed by atoms with van der Waals surface area (Å²) in [5.41, 5.74) is 0.283. The minimum Gasteiger partial charge on any atom is -0.504 e. The van der Waals surface area contributed by atoms with Crippen molar-refractivity contribution >= 4 is 5.97 Å². The van der Waals surface area contributed by atoms with Crippen molar-refractivity contribution in [3.05, 3.63) is 23.3 Å². The van der Waals surface area contributed by atoms with E-state index in [0.717, 1.165) is 6.07 Å². The van der Waals surface area contributed by atoms with Crippen molar-refractivity contribution in [2.45, 2.75) is 13.3 Å². The molecule has 70 valence electrons. The van der Waals surface area contributed by atoms with Gasteiger partial charge in [0.15, 0.2) is 11.5 Å². The number of phenolic OH excluding ortho intramolecular Hbond substituents is 2. The number of aromatic hydroxyl groups is 2. The smallest absolute Gasteiger partial charge is 0.336 e. The van der Waals surface area contributed by atoms with Gasteiger partial charge in [0.1, 0.15) is 0 Å². The third kappa shape index (κ3) is 1.56. The summed E-state index contributed by atoms with van der Waals surface area (Å²) in [6, 6.07) is 2.44. The second kappa shape index (κ2) is 3.35. The molecule has 0 aliphatic rings. The Morgan fingerprint density at radius 2 is 2.00 bits per heavy atom. The van der Waals surface area contributed by atoms with Gasteiger partial charge in [0.2, 0.25) is 0 Å². The highest BCUT2D eigenvalue weighted by Gasteiger charge is 2.14. The zero-order valence-corrected chi connectivity index (χ0v) is 7.11. The summed E-state index contributed by atoms with van der Waals surface area (Å²) in [5.74, 6) is -1.74. The number of hydrogen-bond donors (Lipinski definition) is 3. The molecule has 0 radical (unpaired) electrons. The molecule has 0 unspecified atom stereocenters. The fourth-order valence-electron chi connectivity index (χ4n) is 1.18. The van der Waals surface area contributed by atoms with Gasteiger partial charge in [-0.2, -0.15) is 0 Å². The van der Waals surface area contributed by atoms with Gasteiger partial charge in [-0.3, -0.25) is 0 Å². The largest absolute Gasteiger partial charge is 0.504 e. The van der Waals surface area contributed by atoms with Gasteiger partial charge in [-0.1, -0.05) is 6.92 Å². The minimum absolute atomic E-state index is 0.0257. The molecular formula is C9H10O4. The molecule has 3 N–H and O–H groups in total. The average molecular weight is 182 g/mol. The van der Waals surface area contributed by atoms with Crippen LogP contribution in [-0.4, -0.2) is 21.3 Å². The molecule has 1 aromatic rings. The van der Waals surface area contributed by atoms with Crippen molar-refractivity contribution in [1.29, 1.82) is 0 Å². The SMILES string of the molecule is CCc1c(C(=O)O)ccc(O)c1O. The third-order valence-electron chi connectivity index (χ3n) is 1.85. The predicted molar refractivity (Wildman–Crippen MR) is 46.1 cm³/mol. The first-order chi connectivity index (χ1) is 6.07. The van der Waals surface area contributed by atoms with Crippen LogP contribution in [0.2, 0.25) is 0 Å². The highest BCUT2D eigenvalue weighted by molar-refractivity contribution is 5.90. The van der Waals surface area contributed by atoms with Crippen molar-refractivity contribution in [3.63, 3.8) is 0 Å². The molecule has 0 saturated carbocycles. The number of carboxylic acids is 1. The fourth-order valence-corrected chi connectivity index (χ4v) is 1.18. The highest BCUT2D eigenvalue weighted by Crippen LogP contribution is 2.31. The molecule has 4 nitrogen and oxygen atoms in total. The molecule has 0 aliphatic heterocycles. The second-order valence-electron chi connectivity index (χ2n) is 2.62. The van der Waals surface area contributed by atoms with Gasteiger partial charge in [0.25, 0.3) is 0 Å². The summed E-state index contributed by atoms with van der Waals surface area (Å²) >= 11 is 0. The molecule has 0 aromatic heterocycles. The number of phenols is 2. The Balaban J connectivity index is 3.38. The molecule has 0 fully saturated rings. The maximum absolute atomic E-state index is 10.7. The first-order valence-corrected chi connectivity index (χ1v) is 3.85. The molecule has 0 saturated heterocycles. The molecule has 0 amide bonds. The van der Waals surface area contributed by atoms with Crippen LogP contribution in [0, 0.1) is 0 Å². The van der Waals surface area contributed by atoms with Crippen LogP contribution >= 0.6 is 0 Å². The van der Waals surface area contributed by atoms with Gasteiger partial charge in [-0.25, -0.2) is 4.79 Å². The van der Waals surface area contributed by atoms with E-state index in [-0.39, 0.29) is 22.6 Å². The summed E-state index contributed by atoms with van der Waals surface area (Å²) in [4.78, 5) is 10.7. The van der Waals surface area contributed by atoms with E-state index >= 15 is 0 Å². The summed E-state index contributed by atoms with van der Waals surface area (Å²) in [6.07, 6.45) is 0.363. The molecule has 0 aliphatic carbocycles. The first-order valence-electron chi connectivity index (χ1n) is 3.85. The monoisotopic (exact) mass is 182 g/mol. The van der Waals surface area contributed by atoms with E-state index < -0.39 is 5.97 Å². The van der Waals surface area contributed by atoms with Gasteiger partial charge in [-0.05, 0) is 18.6 Å². The molecule has 0 heterocycles. The van der Waals surface area contributed by atoms with Crippen molar-refractivity contribution in [2.75, 3.05) is 0 Å². The lowest BCUT2D eigenvalue weighted by atomic mass is 10.0. The van der Waals surface area contributed by atoms with Gasteiger partial charge in [0.05, 0.1) is 5.56 Å². The lowest BCUT2D eigenvalue weighted by molar-refractivity contribution is 0.0695. The van der Waals surface area contributed by atoms with Crippen LogP contribution in [-0.2, 0) is 6.42 Å². The number of carbonyl (C=O) groups is 1. The highest BCUT2D eigenvalue weighted by atomic mass is 16.4. The van der Waals surface area contributed by atoms with E-state index in [2.05, 4.69) is 0 Å². The van der Waals surface area contributed by atoms with E-state index in [1.807, 2.05) is 0 Å². The number of rotatable bonds is 2. The Bertz CT molecular complexity index is 344. The molecule has 0 bridgehead atoms. The Hall–Kier alpha value is -1.71. The summed E-state index contributed by atoms with van der Waals surface area (Å²) in [5, 5.41) is 27.1. The lowest BCUT2D eigenvalue weighted by Gasteiger charge is -2.06. The van der Waals surface area contributed by atoms with Crippen LogP contribution in [0.1, 0.15) is 22.8 Å². The van der Waals surface area contributed by atoms with Crippen molar-refractivity contribution < 1.29 is 20.1 Å². The zero-order chi connectivity index (χ0) is 10.0. The molecule has 0 spiro atoms. The average Bonchev–Trinajstić information content (AvgIpc) is 2.09. The molecule has 4 heteroatoms. The lowest BCUT2D eigenvalue weighted by Crippen LogP contribution is -2.01. The topological polar surface area (TPSA) is 77.8 Å². The number of carboxylic acid groups (broad SMARTS) is 1. The zero-order valence-electron chi connectivity index (χ0n) is 7.11. The molecule has 0 atom stereocenters. The van der Waals surface area contributed by atoms with Crippen LogP contribution in [0.15, 0.2) is 12.1 Å². The summed E-state index contributed by atoms with van der Waals surface area (Å²) in [7, 11) is 0. The Morgan fingerprint density at radius 1 is 1.38 bits per heavy atom. The summed E-state index contributed by atoms with van der Waals surface area (Å²) < 4.78 is 0. The van der Waals surface area contributed by atoms with Crippen LogP contribution in [0.5, 0.6) is 11.5 Å². The van der Waals surface area contributed by atoms with Crippen LogP contribution in [0.3, 0.4) is 0 Å². The maximum atomic E-state index is 10.7. The predicted octanol–water partition coefficient (Wildman–Crippen LogP) is 1.36. The van der Waals surface area contributed by atoms with Gasteiger partial charge < -0.3 is 15.3 Å². The van der Waals surface area contributed by atoms with Crippen LogP contribution in [0.4, 0.5) is 0 Å². The van der Waals surface area contributed by atoms with Gasteiger partial charge >= 0.3 is 5.97 Å². The second-order valence-corrected chi connectivity index (χ2v) is 2.62. The maximum Gasteiger partial charge on any atom is 0.336 e. The molecular weight excluding hydrogens is 172 g/mol. The normalized spacial score (nSPS) is 9.92. The van der Waals surface area contributed by atoms with Crippen molar-refractivity contribution in [1.82, 2.24) is 0 Å².